The Morgan fingerprint density at radius 1 is 1.30 bits per heavy atom. The number of carbonyl (C=O) groups is 1. The Morgan fingerprint density at radius 3 is 2.78 bits per heavy atom. The zero-order valence-electron chi connectivity index (χ0n) is 13.6. The highest BCUT2D eigenvalue weighted by atomic mass is 16.5. The molecule has 0 bridgehead atoms. The first-order valence-electron chi connectivity index (χ1n) is 8.20. The Bertz CT molecular complexity index is 676. The minimum Gasteiger partial charge on any atom is -0.494 e. The van der Waals surface area contributed by atoms with E-state index in [-0.39, 0.29) is 11.9 Å². The van der Waals surface area contributed by atoms with Crippen molar-refractivity contribution in [1.29, 1.82) is 0 Å². The Hall–Kier alpha value is -2.30. The quantitative estimate of drug-likeness (QED) is 0.918. The number of aromatic nitrogens is 1. The predicted octanol–water partition coefficient (Wildman–Crippen LogP) is 3.44. The number of nitrogens with one attached hydrogen (secondary N) is 1. The van der Waals surface area contributed by atoms with Crippen molar-refractivity contribution in [1.82, 2.24) is 10.5 Å². The van der Waals surface area contributed by atoms with Crippen LogP contribution in [0.25, 0.3) is 0 Å². The first-order valence-corrected chi connectivity index (χ1v) is 8.20. The van der Waals surface area contributed by atoms with Gasteiger partial charge in [0.25, 0.3) is 5.91 Å². The Labute approximate surface area is 136 Å². The molecule has 0 fully saturated rings. The zero-order valence-corrected chi connectivity index (χ0v) is 13.6. The third-order valence-electron chi connectivity index (χ3n) is 4.20. The highest BCUT2D eigenvalue weighted by molar-refractivity contribution is 5.94. The van der Waals surface area contributed by atoms with E-state index >= 15 is 0 Å². The standard InChI is InChI=1S/C18H22N2O3/c1-3-22-14-10-8-13(9-11-14)12(2)19-18(21)17-15-6-4-5-7-16(15)23-20-17/h8-12H,3-7H2,1-2H3,(H,19,21)/t12-/m1/s1. The number of benzene rings is 1. The summed E-state index contributed by atoms with van der Waals surface area (Å²) in [4.78, 5) is 12.5. The molecule has 1 heterocycles. The second-order valence-electron chi connectivity index (χ2n) is 5.84. The number of carbonyl (C=O) groups excluding carboxylic acids is 1. The Kier molecular flexibility index (Phi) is 4.65. The molecule has 5 heteroatoms. The van der Waals surface area contributed by atoms with Crippen molar-refractivity contribution in [3.8, 4) is 5.75 Å². The van der Waals surface area contributed by atoms with Gasteiger partial charge in [-0.15, -0.1) is 0 Å². The van der Waals surface area contributed by atoms with E-state index < -0.39 is 0 Å². The normalized spacial score (nSPS) is 14.9. The summed E-state index contributed by atoms with van der Waals surface area (Å²) in [5.41, 5.74) is 2.45. The lowest BCUT2D eigenvalue weighted by Crippen LogP contribution is -2.28. The van der Waals surface area contributed by atoms with Crippen LogP contribution in [0.2, 0.25) is 0 Å². The highest BCUT2D eigenvalue weighted by Gasteiger charge is 2.24. The summed E-state index contributed by atoms with van der Waals surface area (Å²) in [5, 5.41) is 6.97. The molecule has 0 aliphatic heterocycles. The number of amides is 1. The average Bonchev–Trinajstić information content (AvgIpc) is 3.00. The molecule has 0 saturated carbocycles. The van der Waals surface area contributed by atoms with E-state index in [2.05, 4.69) is 10.5 Å². The van der Waals surface area contributed by atoms with Crippen molar-refractivity contribution < 1.29 is 14.1 Å². The number of ether oxygens (including phenoxy) is 1. The minimum absolute atomic E-state index is 0.103. The molecule has 1 amide bonds. The SMILES string of the molecule is CCOc1ccc([C@@H](C)NC(=O)c2noc3c2CCCC3)cc1. The molecule has 2 aromatic rings. The van der Waals surface area contributed by atoms with Crippen molar-refractivity contribution in [2.24, 2.45) is 0 Å². The maximum atomic E-state index is 12.5. The van der Waals surface area contributed by atoms with Gasteiger partial charge in [0.1, 0.15) is 11.5 Å². The van der Waals surface area contributed by atoms with Gasteiger partial charge < -0.3 is 14.6 Å². The van der Waals surface area contributed by atoms with E-state index in [1.165, 1.54) is 0 Å². The first kappa shape index (κ1) is 15.6. The maximum absolute atomic E-state index is 12.5. The van der Waals surface area contributed by atoms with Gasteiger partial charge in [-0.2, -0.15) is 0 Å². The molecule has 1 aliphatic carbocycles. The summed E-state index contributed by atoms with van der Waals surface area (Å²) in [6.45, 7) is 4.55. The van der Waals surface area contributed by atoms with Gasteiger partial charge in [-0.05, 0) is 50.8 Å². The van der Waals surface area contributed by atoms with Crippen molar-refractivity contribution in [3.05, 3.63) is 46.8 Å². The van der Waals surface area contributed by atoms with E-state index in [0.717, 1.165) is 48.3 Å². The van der Waals surface area contributed by atoms with Crippen molar-refractivity contribution >= 4 is 5.91 Å². The first-order chi connectivity index (χ1) is 11.2. The van der Waals surface area contributed by atoms with Crippen LogP contribution in [0.15, 0.2) is 28.8 Å². The topological polar surface area (TPSA) is 64.4 Å². The van der Waals surface area contributed by atoms with Crippen LogP contribution in [0.5, 0.6) is 5.75 Å². The lowest BCUT2D eigenvalue weighted by molar-refractivity contribution is 0.0930. The molecule has 1 aromatic heterocycles. The van der Waals surface area contributed by atoms with Crippen LogP contribution in [0.3, 0.4) is 0 Å². The fraction of sp³-hybridized carbons (Fsp3) is 0.444. The van der Waals surface area contributed by atoms with E-state index in [1.54, 1.807) is 0 Å². The largest absolute Gasteiger partial charge is 0.494 e. The molecular weight excluding hydrogens is 292 g/mol. The summed E-state index contributed by atoms with van der Waals surface area (Å²) in [5.74, 6) is 1.54. The fourth-order valence-electron chi connectivity index (χ4n) is 2.93. The van der Waals surface area contributed by atoms with Gasteiger partial charge in [-0.3, -0.25) is 4.79 Å². The van der Waals surface area contributed by atoms with Gasteiger partial charge in [-0.25, -0.2) is 0 Å². The lowest BCUT2D eigenvalue weighted by atomic mass is 9.96. The van der Waals surface area contributed by atoms with Crippen LogP contribution in [0.4, 0.5) is 0 Å². The van der Waals surface area contributed by atoms with E-state index in [9.17, 15) is 4.79 Å². The van der Waals surface area contributed by atoms with Gasteiger partial charge in [0.05, 0.1) is 12.6 Å². The molecular formula is C18H22N2O3. The van der Waals surface area contributed by atoms with E-state index in [4.69, 9.17) is 9.26 Å². The third kappa shape index (κ3) is 3.38. The summed E-state index contributed by atoms with van der Waals surface area (Å²) in [7, 11) is 0. The molecule has 3 rings (SSSR count). The van der Waals surface area contributed by atoms with Gasteiger partial charge in [0.2, 0.25) is 0 Å². The van der Waals surface area contributed by atoms with E-state index in [0.29, 0.717) is 12.3 Å². The summed E-state index contributed by atoms with van der Waals surface area (Å²) in [6, 6.07) is 7.66. The van der Waals surface area contributed by atoms with Gasteiger partial charge in [0, 0.05) is 12.0 Å². The number of nitrogens with zero attached hydrogens (tertiary/aromatic N) is 1. The van der Waals surface area contributed by atoms with Crippen LogP contribution in [-0.4, -0.2) is 17.7 Å². The molecule has 122 valence electrons. The molecule has 1 N–H and O–H groups in total. The molecule has 0 radical (unpaired) electrons. The highest BCUT2D eigenvalue weighted by Crippen LogP contribution is 2.25. The van der Waals surface area contributed by atoms with Crippen molar-refractivity contribution in [3.63, 3.8) is 0 Å². The third-order valence-corrected chi connectivity index (χ3v) is 4.20. The Balaban J connectivity index is 1.68. The van der Waals surface area contributed by atoms with Crippen LogP contribution in [0, 0.1) is 0 Å². The molecule has 1 aliphatic rings. The van der Waals surface area contributed by atoms with Crippen LogP contribution < -0.4 is 10.1 Å². The number of fused-ring (bicyclic) bond motifs is 1. The molecule has 23 heavy (non-hydrogen) atoms. The van der Waals surface area contributed by atoms with Gasteiger partial charge in [-0.1, -0.05) is 17.3 Å². The Morgan fingerprint density at radius 2 is 2.04 bits per heavy atom. The summed E-state index contributed by atoms with van der Waals surface area (Å²) in [6.07, 6.45) is 3.94. The van der Waals surface area contributed by atoms with Gasteiger partial charge >= 0.3 is 0 Å². The maximum Gasteiger partial charge on any atom is 0.274 e. The number of rotatable bonds is 5. The molecule has 0 spiro atoms. The molecule has 5 nitrogen and oxygen atoms in total. The second-order valence-corrected chi connectivity index (χ2v) is 5.84. The van der Waals surface area contributed by atoms with Crippen molar-refractivity contribution in [2.75, 3.05) is 6.61 Å². The van der Waals surface area contributed by atoms with Gasteiger partial charge in [0.15, 0.2) is 5.69 Å². The molecule has 1 atom stereocenters. The molecule has 0 saturated heterocycles. The van der Waals surface area contributed by atoms with E-state index in [1.807, 2.05) is 38.1 Å². The smallest absolute Gasteiger partial charge is 0.274 e. The summed E-state index contributed by atoms with van der Waals surface area (Å²) >= 11 is 0. The predicted molar refractivity (Wildman–Crippen MR) is 86.6 cm³/mol. The van der Waals surface area contributed by atoms with Crippen LogP contribution in [-0.2, 0) is 12.8 Å². The van der Waals surface area contributed by atoms with Crippen LogP contribution >= 0.6 is 0 Å². The van der Waals surface area contributed by atoms with Crippen LogP contribution in [0.1, 0.15) is 60.1 Å². The monoisotopic (exact) mass is 314 g/mol. The zero-order chi connectivity index (χ0) is 16.2. The van der Waals surface area contributed by atoms with Crippen molar-refractivity contribution in [2.45, 2.75) is 45.6 Å². The average molecular weight is 314 g/mol. The minimum atomic E-state index is -0.168. The number of hydrogen-bond donors (Lipinski definition) is 1. The molecule has 0 unspecified atom stereocenters. The number of hydrogen-bond acceptors (Lipinski definition) is 4. The molecule has 1 aromatic carbocycles. The second kappa shape index (κ2) is 6.86. The lowest BCUT2D eigenvalue weighted by Gasteiger charge is -2.15. The number of aryl methyl sites for hydroxylation is 1. The summed E-state index contributed by atoms with van der Waals surface area (Å²) < 4.78 is 10.7. The fourth-order valence-corrected chi connectivity index (χ4v) is 2.93.